The van der Waals surface area contributed by atoms with Crippen molar-refractivity contribution in [2.24, 2.45) is 0 Å². The third kappa shape index (κ3) is 8.81. The van der Waals surface area contributed by atoms with E-state index in [9.17, 15) is 18.0 Å². The summed E-state index contributed by atoms with van der Waals surface area (Å²) in [7, 11) is -3.80. The van der Waals surface area contributed by atoms with Gasteiger partial charge in [-0.15, -0.1) is 0 Å². The lowest BCUT2D eigenvalue weighted by atomic mass is 9.94. The van der Waals surface area contributed by atoms with Gasteiger partial charge in [-0.3, -0.25) is 13.9 Å². The Morgan fingerprint density at radius 3 is 2.22 bits per heavy atom. The summed E-state index contributed by atoms with van der Waals surface area (Å²) in [4.78, 5) is 29.6. The van der Waals surface area contributed by atoms with Crippen molar-refractivity contribution < 1.29 is 18.0 Å². The number of nitrogens with one attached hydrogen (secondary N) is 1. The molecule has 1 aliphatic carbocycles. The smallest absolute Gasteiger partial charge is 0.244 e. The van der Waals surface area contributed by atoms with Crippen LogP contribution in [0.5, 0.6) is 0 Å². The topological polar surface area (TPSA) is 86.8 Å². The molecule has 3 aromatic rings. The van der Waals surface area contributed by atoms with Crippen molar-refractivity contribution in [3.63, 3.8) is 0 Å². The zero-order chi connectivity index (χ0) is 29.4. The molecule has 4 rings (SSSR count). The van der Waals surface area contributed by atoms with Crippen LogP contribution >= 0.6 is 11.6 Å². The number of carbonyl (C=O) groups excluding carboxylic acids is 2. The molecule has 0 bridgehead atoms. The molecule has 0 heterocycles. The molecule has 2 amide bonds. The lowest BCUT2D eigenvalue weighted by molar-refractivity contribution is -0.140. The molecular formula is C32H38ClN3O4S. The zero-order valence-electron chi connectivity index (χ0n) is 23.6. The highest BCUT2D eigenvalue weighted by Gasteiger charge is 2.34. The molecule has 1 N–H and O–H groups in total. The number of hydrogen-bond donors (Lipinski definition) is 1. The van der Waals surface area contributed by atoms with Crippen LogP contribution in [0.4, 0.5) is 5.69 Å². The van der Waals surface area contributed by atoms with Crippen molar-refractivity contribution in [2.45, 2.75) is 64.1 Å². The van der Waals surface area contributed by atoms with Gasteiger partial charge in [-0.05, 0) is 55.2 Å². The monoisotopic (exact) mass is 595 g/mol. The van der Waals surface area contributed by atoms with E-state index in [1.54, 1.807) is 42.5 Å². The van der Waals surface area contributed by atoms with Gasteiger partial charge in [0, 0.05) is 24.0 Å². The Balaban J connectivity index is 1.71. The summed E-state index contributed by atoms with van der Waals surface area (Å²) < 4.78 is 26.9. The van der Waals surface area contributed by atoms with Crippen LogP contribution in [-0.4, -0.2) is 50.0 Å². The molecule has 1 atom stereocenters. The lowest BCUT2D eigenvalue weighted by Gasteiger charge is -2.35. The van der Waals surface area contributed by atoms with E-state index in [1.807, 2.05) is 43.3 Å². The van der Waals surface area contributed by atoms with Crippen molar-refractivity contribution in [2.75, 3.05) is 17.1 Å². The van der Waals surface area contributed by atoms with Crippen molar-refractivity contribution in [3.8, 4) is 0 Å². The maximum atomic E-state index is 14.2. The number of carbonyl (C=O) groups is 2. The van der Waals surface area contributed by atoms with E-state index in [1.165, 1.54) is 4.90 Å². The van der Waals surface area contributed by atoms with Crippen LogP contribution in [0, 0.1) is 6.92 Å². The van der Waals surface area contributed by atoms with Crippen LogP contribution in [0.2, 0.25) is 5.02 Å². The summed E-state index contributed by atoms with van der Waals surface area (Å²) in [6.07, 6.45) is 6.44. The first-order valence-electron chi connectivity index (χ1n) is 14.0. The van der Waals surface area contributed by atoms with Gasteiger partial charge in [-0.1, -0.05) is 91.0 Å². The fraction of sp³-hybridized carbons (Fsp3) is 0.375. The minimum atomic E-state index is -3.80. The summed E-state index contributed by atoms with van der Waals surface area (Å²) >= 11 is 6.28. The zero-order valence-corrected chi connectivity index (χ0v) is 25.2. The highest BCUT2D eigenvalue weighted by atomic mass is 35.5. The van der Waals surface area contributed by atoms with E-state index < -0.39 is 28.5 Å². The van der Waals surface area contributed by atoms with E-state index >= 15 is 0 Å². The van der Waals surface area contributed by atoms with E-state index in [0.29, 0.717) is 10.7 Å². The fourth-order valence-electron chi connectivity index (χ4n) is 5.26. The van der Waals surface area contributed by atoms with Gasteiger partial charge in [0.05, 0.1) is 11.9 Å². The van der Waals surface area contributed by atoms with E-state index in [4.69, 9.17) is 11.6 Å². The molecule has 0 radical (unpaired) electrons. The molecule has 218 valence electrons. The number of aryl methyl sites for hydroxylation is 1. The minimum absolute atomic E-state index is 0.0534. The van der Waals surface area contributed by atoms with Crippen LogP contribution < -0.4 is 9.62 Å². The molecule has 1 fully saturated rings. The Bertz CT molecular complexity index is 1420. The molecular weight excluding hydrogens is 558 g/mol. The molecule has 0 saturated heterocycles. The van der Waals surface area contributed by atoms with E-state index in [0.717, 1.165) is 59.4 Å². The number of rotatable bonds is 11. The maximum absolute atomic E-state index is 14.2. The van der Waals surface area contributed by atoms with Crippen LogP contribution in [0.3, 0.4) is 0 Å². The largest absolute Gasteiger partial charge is 0.352 e. The average molecular weight is 596 g/mol. The number of amides is 2. The van der Waals surface area contributed by atoms with Crippen LogP contribution in [0.25, 0.3) is 0 Å². The number of halogens is 1. The second-order valence-corrected chi connectivity index (χ2v) is 13.1. The van der Waals surface area contributed by atoms with Gasteiger partial charge in [-0.2, -0.15) is 0 Å². The van der Waals surface area contributed by atoms with Crippen molar-refractivity contribution in [1.29, 1.82) is 0 Å². The van der Waals surface area contributed by atoms with Gasteiger partial charge in [0.1, 0.15) is 12.6 Å². The summed E-state index contributed by atoms with van der Waals surface area (Å²) in [5.74, 6) is -0.715. The maximum Gasteiger partial charge on any atom is 0.244 e. The van der Waals surface area contributed by atoms with Crippen LogP contribution in [0.1, 0.15) is 48.8 Å². The molecule has 41 heavy (non-hydrogen) atoms. The standard InChI is InChI=1S/C32H38ClN3O4S/c1-24-16-18-29(19-17-24)36(41(2,39)40)23-31(37)35(22-26-12-9-13-27(33)20-26)30(21-25-10-5-3-6-11-25)32(38)34-28-14-7-4-8-15-28/h3,5-6,9-13,16-20,28,30H,4,7-8,14-15,21-23H2,1-2H3,(H,34,38). The molecule has 0 aliphatic heterocycles. The first-order valence-corrected chi connectivity index (χ1v) is 16.3. The number of benzene rings is 3. The SMILES string of the molecule is Cc1ccc(N(CC(=O)N(Cc2cccc(Cl)c2)C(Cc2ccccc2)C(=O)NC2CCCCC2)S(C)(=O)=O)cc1. The van der Waals surface area contributed by atoms with Gasteiger partial charge in [0.15, 0.2) is 0 Å². The van der Waals surface area contributed by atoms with Crippen LogP contribution in [0.15, 0.2) is 78.9 Å². The van der Waals surface area contributed by atoms with E-state index in [2.05, 4.69) is 5.32 Å². The van der Waals surface area contributed by atoms with Gasteiger partial charge < -0.3 is 10.2 Å². The minimum Gasteiger partial charge on any atom is -0.352 e. The first kappa shape index (κ1) is 30.6. The average Bonchev–Trinajstić information content (AvgIpc) is 2.94. The van der Waals surface area contributed by atoms with Crippen molar-refractivity contribution >= 4 is 39.1 Å². The van der Waals surface area contributed by atoms with Crippen molar-refractivity contribution in [3.05, 3.63) is 101 Å². The second kappa shape index (κ2) is 14.0. The highest BCUT2D eigenvalue weighted by molar-refractivity contribution is 7.92. The summed E-state index contributed by atoms with van der Waals surface area (Å²) in [6.45, 7) is 1.57. The van der Waals surface area contributed by atoms with Crippen LogP contribution in [-0.2, 0) is 32.6 Å². The number of sulfonamides is 1. The molecule has 9 heteroatoms. The van der Waals surface area contributed by atoms with Gasteiger partial charge in [-0.25, -0.2) is 8.42 Å². The quantitative estimate of drug-likeness (QED) is 0.317. The summed E-state index contributed by atoms with van der Waals surface area (Å²) in [5.41, 5.74) is 3.01. The predicted octanol–water partition coefficient (Wildman–Crippen LogP) is 5.50. The molecule has 0 spiro atoms. The van der Waals surface area contributed by atoms with Gasteiger partial charge >= 0.3 is 0 Å². The van der Waals surface area contributed by atoms with Crippen molar-refractivity contribution in [1.82, 2.24) is 10.2 Å². The normalized spacial score (nSPS) is 14.7. The summed E-state index contributed by atoms with van der Waals surface area (Å²) in [6, 6.07) is 22.9. The van der Waals surface area contributed by atoms with Gasteiger partial charge in [0.2, 0.25) is 21.8 Å². The Kier molecular flexibility index (Phi) is 10.5. The second-order valence-electron chi connectivity index (χ2n) is 10.8. The highest BCUT2D eigenvalue weighted by Crippen LogP contribution is 2.23. The molecule has 7 nitrogen and oxygen atoms in total. The Hall–Kier alpha value is -3.36. The lowest BCUT2D eigenvalue weighted by Crippen LogP contribution is -2.55. The molecule has 0 aromatic heterocycles. The Morgan fingerprint density at radius 2 is 1.59 bits per heavy atom. The third-order valence-corrected chi connectivity index (χ3v) is 8.84. The summed E-state index contributed by atoms with van der Waals surface area (Å²) in [5, 5.41) is 3.72. The Labute approximate surface area is 248 Å². The molecule has 3 aromatic carbocycles. The van der Waals surface area contributed by atoms with Gasteiger partial charge in [0.25, 0.3) is 0 Å². The number of hydrogen-bond acceptors (Lipinski definition) is 4. The third-order valence-electron chi connectivity index (χ3n) is 7.47. The number of nitrogens with zero attached hydrogens (tertiary/aromatic N) is 2. The first-order chi connectivity index (χ1) is 19.6. The molecule has 1 unspecified atom stereocenters. The Morgan fingerprint density at radius 1 is 0.927 bits per heavy atom. The predicted molar refractivity (Wildman–Crippen MR) is 164 cm³/mol. The molecule has 1 saturated carbocycles. The molecule has 1 aliphatic rings. The number of anilines is 1. The van der Waals surface area contributed by atoms with E-state index in [-0.39, 0.29) is 24.9 Å². The fourth-order valence-corrected chi connectivity index (χ4v) is 6.32.